The number of anilines is 1. The highest BCUT2D eigenvalue weighted by Crippen LogP contribution is 2.38. The van der Waals surface area contributed by atoms with Crippen molar-refractivity contribution in [3.63, 3.8) is 0 Å². The Morgan fingerprint density at radius 3 is 2.49 bits per heavy atom. The third kappa shape index (κ3) is 5.43. The van der Waals surface area contributed by atoms with Crippen LogP contribution in [0, 0.1) is 10.1 Å². The normalized spacial score (nSPS) is 14.5. The standard InChI is InChI=1S/C24H16Cl2N2O5S2/c1-32-21-10-14(8-9-20(21)33-13-17-18(25)6-3-7-19(17)26)11-22-23(29)27(24(34)35-22)15-4-2-5-16(12-15)28(30)31/h2-12H,13H2,1H3/b22-11+. The van der Waals surface area contributed by atoms with Crippen molar-refractivity contribution >= 4 is 74.9 Å². The first-order valence-corrected chi connectivity index (χ1v) is 12.0. The maximum atomic E-state index is 13.0. The number of ether oxygens (including phenoxy) is 2. The molecule has 0 spiro atoms. The number of halogens is 2. The molecular formula is C24H16Cl2N2O5S2. The van der Waals surface area contributed by atoms with Crippen molar-refractivity contribution < 1.29 is 19.2 Å². The smallest absolute Gasteiger partial charge is 0.271 e. The lowest BCUT2D eigenvalue weighted by atomic mass is 10.1. The largest absolute Gasteiger partial charge is 0.493 e. The van der Waals surface area contributed by atoms with Crippen LogP contribution in [-0.4, -0.2) is 22.3 Å². The molecule has 4 rings (SSSR count). The summed E-state index contributed by atoms with van der Waals surface area (Å²) in [6.07, 6.45) is 1.67. The van der Waals surface area contributed by atoms with Gasteiger partial charge in [-0.25, -0.2) is 0 Å². The van der Waals surface area contributed by atoms with Crippen molar-refractivity contribution in [2.45, 2.75) is 6.61 Å². The van der Waals surface area contributed by atoms with Crippen molar-refractivity contribution in [3.05, 3.63) is 96.9 Å². The molecule has 0 unspecified atom stereocenters. The third-order valence-electron chi connectivity index (χ3n) is 5.01. The fraction of sp³-hybridized carbons (Fsp3) is 0.0833. The molecule has 0 aliphatic carbocycles. The number of non-ortho nitro benzene ring substituents is 1. The summed E-state index contributed by atoms with van der Waals surface area (Å²) in [5.41, 5.74) is 1.56. The van der Waals surface area contributed by atoms with Crippen LogP contribution in [0.15, 0.2) is 65.6 Å². The molecule has 1 fully saturated rings. The Bertz CT molecular complexity index is 1360. The van der Waals surface area contributed by atoms with Gasteiger partial charge in [-0.05, 0) is 42.0 Å². The number of benzene rings is 3. The molecule has 0 radical (unpaired) electrons. The molecule has 0 N–H and O–H groups in total. The first-order valence-electron chi connectivity index (χ1n) is 10.0. The van der Waals surface area contributed by atoms with E-state index in [1.165, 1.54) is 30.2 Å². The summed E-state index contributed by atoms with van der Waals surface area (Å²) in [5, 5.41) is 12.1. The van der Waals surface area contributed by atoms with E-state index >= 15 is 0 Å². The van der Waals surface area contributed by atoms with Crippen LogP contribution in [0.3, 0.4) is 0 Å². The molecule has 7 nitrogen and oxygen atoms in total. The molecule has 0 aromatic heterocycles. The Labute approximate surface area is 220 Å². The maximum Gasteiger partial charge on any atom is 0.271 e. The molecule has 0 bridgehead atoms. The van der Waals surface area contributed by atoms with Crippen LogP contribution in [0.1, 0.15) is 11.1 Å². The summed E-state index contributed by atoms with van der Waals surface area (Å²) in [6.45, 7) is 0.149. The lowest BCUT2D eigenvalue weighted by Gasteiger charge is -2.14. The molecule has 1 aliphatic rings. The lowest BCUT2D eigenvalue weighted by molar-refractivity contribution is -0.384. The summed E-state index contributed by atoms with van der Waals surface area (Å²) in [5.74, 6) is 0.564. The van der Waals surface area contributed by atoms with E-state index in [4.69, 9.17) is 44.9 Å². The first-order chi connectivity index (χ1) is 16.8. The summed E-state index contributed by atoms with van der Waals surface area (Å²) in [4.78, 5) is 25.3. The van der Waals surface area contributed by atoms with E-state index in [1.807, 2.05) is 0 Å². The zero-order valence-electron chi connectivity index (χ0n) is 18.1. The Kier molecular flexibility index (Phi) is 7.61. The molecular weight excluding hydrogens is 531 g/mol. The molecule has 1 saturated heterocycles. The second-order valence-electron chi connectivity index (χ2n) is 7.19. The van der Waals surface area contributed by atoms with Gasteiger partial charge in [-0.15, -0.1) is 0 Å². The Balaban J connectivity index is 1.55. The predicted molar refractivity (Wildman–Crippen MR) is 143 cm³/mol. The van der Waals surface area contributed by atoms with E-state index in [1.54, 1.807) is 48.5 Å². The minimum Gasteiger partial charge on any atom is -0.493 e. The average Bonchev–Trinajstić information content (AvgIpc) is 3.11. The van der Waals surface area contributed by atoms with Crippen LogP contribution >= 0.6 is 47.2 Å². The van der Waals surface area contributed by atoms with Gasteiger partial charge in [0.2, 0.25) is 0 Å². The van der Waals surface area contributed by atoms with Crippen LogP contribution in [0.5, 0.6) is 11.5 Å². The highest BCUT2D eigenvalue weighted by atomic mass is 35.5. The van der Waals surface area contributed by atoms with Crippen molar-refractivity contribution in [2.24, 2.45) is 0 Å². The van der Waals surface area contributed by atoms with Crippen molar-refractivity contribution in [3.8, 4) is 11.5 Å². The van der Waals surface area contributed by atoms with Crippen LogP contribution < -0.4 is 14.4 Å². The van der Waals surface area contributed by atoms with Crippen molar-refractivity contribution in [1.82, 2.24) is 0 Å². The number of amides is 1. The van der Waals surface area contributed by atoms with Crippen LogP contribution in [0.2, 0.25) is 10.0 Å². The predicted octanol–water partition coefficient (Wildman–Crippen LogP) is 6.90. The van der Waals surface area contributed by atoms with Gasteiger partial charge in [0.25, 0.3) is 11.6 Å². The number of thiocarbonyl (C=S) groups is 1. The van der Waals surface area contributed by atoms with E-state index < -0.39 is 4.92 Å². The summed E-state index contributed by atoms with van der Waals surface area (Å²) >= 11 is 18.9. The van der Waals surface area contributed by atoms with Crippen LogP contribution in [0.25, 0.3) is 6.08 Å². The third-order valence-corrected chi connectivity index (χ3v) is 7.02. The number of nitro benzene ring substituents is 1. The summed E-state index contributed by atoms with van der Waals surface area (Å²) in [7, 11) is 1.51. The van der Waals surface area contributed by atoms with Crippen LogP contribution in [0.4, 0.5) is 11.4 Å². The van der Waals surface area contributed by atoms with E-state index in [0.29, 0.717) is 43.3 Å². The number of nitrogens with zero attached hydrogens (tertiary/aromatic N) is 2. The second-order valence-corrected chi connectivity index (χ2v) is 9.68. The summed E-state index contributed by atoms with van der Waals surface area (Å²) in [6, 6.07) is 16.2. The van der Waals surface area contributed by atoms with Gasteiger partial charge >= 0.3 is 0 Å². The van der Waals surface area contributed by atoms with Gasteiger partial charge in [0.15, 0.2) is 15.8 Å². The average molecular weight is 547 g/mol. The van der Waals surface area contributed by atoms with Gasteiger partial charge in [-0.3, -0.25) is 19.8 Å². The van der Waals surface area contributed by atoms with E-state index in [0.717, 1.165) is 11.8 Å². The molecule has 1 amide bonds. The number of hydrogen-bond acceptors (Lipinski definition) is 7. The fourth-order valence-corrected chi connectivity index (χ4v) is 5.11. The Hall–Kier alpha value is -3.11. The van der Waals surface area contributed by atoms with Gasteiger partial charge in [0.1, 0.15) is 6.61 Å². The number of methoxy groups -OCH3 is 1. The SMILES string of the molecule is COc1cc(/C=C2/SC(=S)N(c3cccc([N+](=O)[O-])c3)C2=O)ccc1OCc1c(Cl)cccc1Cl. The van der Waals surface area contributed by atoms with Gasteiger partial charge < -0.3 is 9.47 Å². The number of rotatable bonds is 7. The zero-order chi connectivity index (χ0) is 25.1. The molecule has 1 aliphatic heterocycles. The number of nitro groups is 1. The second kappa shape index (κ2) is 10.7. The molecule has 1 heterocycles. The van der Waals surface area contributed by atoms with Gasteiger partial charge in [-0.2, -0.15) is 0 Å². The number of thioether (sulfide) groups is 1. The molecule has 0 atom stereocenters. The quantitative estimate of drug-likeness (QED) is 0.138. The first kappa shape index (κ1) is 25.0. The molecule has 35 heavy (non-hydrogen) atoms. The molecule has 11 heteroatoms. The molecule has 0 saturated carbocycles. The zero-order valence-corrected chi connectivity index (χ0v) is 21.2. The minimum absolute atomic E-state index is 0.126. The number of carbonyl (C=O) groups excluding carboxylic acids is 1. The summed E-state index contributed by atoms with van der Waals surface area (Å²) < 4.78 is 11.6. The number of carbonyl (C=O) groups is 1. The van der Waals surface area contributed by atoms with Crippen LogP contribution in [-0.2, 0) is 11.4 Å². The Morgan fingerprint density at radius 1 is 1.09 bits per heavy atom. The Morgan fingerprint density at radius 2 is 1.80 bits per heavy atom. The van der Waals surface area contributed by atoms with E-state index in [9.17, 15) is 14.9 Å². The molecule has 3 aromatic carbocycles. The highest BCUT2D eigenvalue weighted by molar-refractivity contribution is 8.27. The lowest BCUT2D eigenvalue weighted by Crippen LogP contribution is -2.27. The molecule has 178 valence electrons. The highest BCUT2D eigenvalue weighted by Gasteiger charge is 2.34. The monoisotopic (exact) mass is 546 g/mol. The maximum absolute atomic E-state index is 13.0. The number of hydrogen-bond donors (Lipinski definition) is 0. The van der Waals surface area contributed by atoms with Gasteiger partial charge in [-0.1, -0.05) is 65.4 Å². The van der Waals surface area contributed by atoms with E-state index in [2.05, 4.69) is 0 Å². The molecule has 3 aromatic rings. The van der Waals surface area contributed by atoms with Crippen molar-refractivity contribution in [2.75, 3.05) is 12.0 Å². The van der Waals surface area contributed by atoms with Gasteiger partial charge in [0, 0.05) is 27.7 Å². The topological polar surface area (TPSA) is 81.9 Å². The minimum atomic E-state index is -0.521. The van der Waals surface area contributed by atoms with Gasteiger partial charge in [0.05, 0.1) is 22.6 Å². The van der Waals surface area contributed by atoms with Crippen molar-refractivity contribution in [1.29, 1.82) is 0 Å². The fourth-order valence-electron chi connectivity index (χ4n) is 3.30. The van der Waals surface area contributed by atoms with E-state index in [-0.39, 0.29) is 22.5 Å².